The number of thioether (sulfide) groups is 2. The Morgan fingerprint density at radius 3 is 2.62 bits per heavy atom. The van der Waals surface area contributed by atoms with Crippen LogP contribution in [0.2, 0.25) is 0 Å². The molecule has 2 aromatic rings. The molecule has 1 aliphatic heterocycles. The summed E-state index contributed by atoms with van der Waals surface area (Å²) in [5, 5.41) is -0.400. The van der Waals surface area contributed by atoms with E-state index >= 15 is 0 Å². The van der Waals surface area contributed by atoms with Crippen molar-refractivity contribution in [1.29, 1.82) is 0 Å². The van der Waals surface area contributed by atoms with Gasteiger partial charge in [-0.1, -0.05) is 72.1 Å². The first kappa shape index (κ1) is 14.2. The number of aliphatic imine (C=N–C) groups is 1. The van der Waals surface area contributed by atoms with E-state index in [1.54, 1.807) is 11.8 Å². The van der Waals surface area contributed by atoms with Gasteiger partial charge in [-0.2, -0.15) is 0 Å². The molecule has 0 aliphatic carbocycles. The number of nitrogens with zero attached hydrogens (tertiary/aromatic N) is 1. The smallest absolute Gasteiger partial charge is 0.235 e. The summed E-state index contributed by atoms with van der Waals surface area (Å²) in [4.78, 5) is 16.4. The fraction of sp³-hybridized carbons (Fsp3) is 0.125. The first-order valence-corrected chi connectivity index (χ1v) is 8.41. The van der Waals surface area contributed by atoms with Crippen molar-refractivity contribution in [1.82, 2.24) is 0 Å². The van der Waals surface area contributed by atoms with Crippen molar-refractivity contribution in [2.24, 2.45) is 10.7 Å². The van der Waals surface area contributed by atoms with Crippen LogP contribution in [-0.2, 0) is 10.5 Å². The Kier molecular flexibility index (Phi) is 4.31. The van der Waals surface area contributed by atoms with E-state index in [9.17, 15) is 4.79 Å². The van der Waals surface area contributed by atoms with Crippen LogP contribution in [0.5, 0.6) is 0 Å². The van der Waals surface area contributed by atoms with Gasteiger partial charge in [-0.15, -0.1) is 0 Å². The van der Waals surface area contributed by atoms with Crippen molar-refractivity contribution in [3.63, 3.8) is 0 Å². The van der Waals surface area contributed by atoms with E-state index < -0.39 is 5.25 Å². The third kappa shape index (κ3) is 3.31. The van der Waals surface area contributed by atoms with Crippen LogP contribution < -0.4 is 5.73 Å². The predicted molar refractivity (Wildman–Crippen MR) is 90.8 cm³/mol. The minimum atomic E-state index is -0.400. The van der Waals surface area contributed by atoms with Crippen LogP contribution in [0.25, 0.3) is 0 Å². The average Bonchev–Trinajstić information content (AvgIpc) is 2.53. The SMILES string of the molecule is NC(=O)[C@@H](SC1=Nc2ccccc2CS1)c1ccccc1. The highest BCUT2D eigenvalue weighted by atomic mass is 32.2. The molecule has 0 saturated carbocycles. The van der Waals surface area contributed by atoms with Crippen LogP contribution >= 0.6 is 23.5 Å². The maximum Gasteiger partial charge on any atom is 0.235 e. The maximum atomic E-state index is 11.8. The fourth-order valence-electron chi connectivity index (χ4n) is 2.09. The van der Waals surface area contributed by atoms with Crippen LogP contribution in [0, 0.1) is 0 Å². The standard InChI is InChI=1S/C16H14N2OS2/c17-15(19)14(11-6-2-1-3-7-11)21-16-18-13-9-5-4-8-12(13)10-20-16/h1-9,14H,10H2,(H2,17,19)/t14-/m0/s1. The molecule has 5 heteroatoms. The normalized spacial score (nSPS) is 15.0. The molecule has 2 N–H and O–H groups in total. The third-order valence-electron chi connectivity index (χ3n) is 3.13. The molecule has 106 valence electrons. The first-order valence-electron chi connectivity index (χ1n) is 6.54. The van der Waals surface area contributed by atoms with Gasteiger partial charge in [0.25, 0.3) is 0 Å². The van der Waals surface area contributed by atoms with Crippen molar-refractivity contribution in [2.75, 3.05) is 0 Å². The quantitative estimate of drug-likeness (QED) is 0.935. The van der Waals surface area contributed by atoms with Crippen molar-refractivity contribution in [3.05, 3.63) is 65.7 Å². The molecule has 0 aromatic heterocycles. The van der Waals surface area contributed by atoms with E-state index in [2.05, 4.69) is 11.1 Å². The lowest BCUT2D eigenvalue weighted by atomic mass is 10.1. The predicted octanol–water partition coefficient (Wildman–Crippen LogP) is 3.88. The van der Waals surface area contributed by atoms with Crippen LogP contribution in [0.3, 0.4) is 0 Å². The Balaban J connectivity index is 1.85. The number of para-hydroxylation sites is 1. The summed E-state index contributed by atoms with van der Waals surface area (Å²) < 4.78 is 0.890. The number of carbonyl (C=O) groups excluding carboxylic acids is 1. The average molecular weight is 314 g/mol. The van der Waals surface area contributed by atoms with E-state index in [-0.39, 0.29) is 5.91 Å². The van der Waals surface area contributed by atoms with E-state index in [4.69, 9.17) is 5.73 Å². The van der Waals surface area contributed by atoms with Crippen LogP contribution in [0.1, 0.15) is 16.4 Å². The molecule has 1 aliphatic rings. The largest absolute Gasteiger partial charge is 0.368 e. The van der Waals surface area contributed by atoms with Crippen molar-refractivity contribution in [2.45, 2.75) is 11.0 Å². The molecule has 1 heterocycles. The maximum absolute atomic E-state index is 11.8. The van der Waals surface area contributed by atoms with Gasteiger partial charge < -0.3 is 5.73 Å². The molecule has 3 nitrogen and oxygen atoms in total. The number of amides is 1. The number of primary amides is 1. The Morgan fingerprint density at radius 2 is 1.86 bits per heavy atom. The summed E-state index contributed by atoms with van der Waals surface area (Å²) in [5.74, 6) is 0.538. The van der Waals surface area contributed by atoms with Gasteiger partial charge >= 0.3 is 0 Å². The lowest BCUT2D eigenvalue weighted by Gasteiger charge is -2.18. The van der Waals surface area contributed by atoms with E-state index in [0.29, 0.717) is 0 Å². The summed E-state index contributed by atoms with van der Waals surface area (Å²) in [6.07, 6.45) is 0. The topological polar surface area (TPSA) is 55.5 Å². The molecule has 0 spiro atoms. The lowest BCUT2D eigenvalue weighted by Crippen LogP contribution is -2.20. The summed E-state index contributed by atoms with van der Waals surface area (Å²) in [6, 6.07) is 17.7. The molecule has 21 heavy (non-hydrogen) atoms. The van der Waals surface area contributed by atoms with Gasteiger partial charge in [0.2, 0.25) is 5.91 Å². The van der Waals surface area contributed by atoms with Crippen molar-refractivity contribution in [3.8, 4) is 0 Å². The van der Waals surface area contributed by atoms with Gasteiger partial charge in [0, 0.05) is 5.75 Å². The first-order chi connectivity index (χ1) is 10.2. The molecule has 0 fully saturated rings. The number of nitrogens with two attached hydrogens (primary N) is 1. The molecule has 3 rings (SSSR count). The van der Waals surface area contributed by atoms with Gasteiger partial charge in [-0.3, -0.25) is 4.79 Å². The van der Waals surface area contributed by atoms with Gasteiger partial charge in [0.15, 0.2) is 0 Å². The Bertz CT molecular complexity index is 686. The number of hydrogen-bond acceptors (Lipinski definition) is 4. The van der Waals surface area contributed by atoms with Crippen molar-refractivity contribution < 1.29 is 4.79 Å². The molecular formula is C16H14N2OS2. The molecule has 0 radical (unpaired) electrons. The van der Waals surface area contributed by atoms with Crippen LogP contribution in [0.4, 0.5) is 5.69 Å². The number of carbonyl (C=O) groups is 1. The van der Waals surface area contributed by atoms with E-state index in [0.717, 1.165) is 21.4 Å². The Labute approximate surface area is 132 Å². The molecular weight excluding hydrogens is 300 g/mol. The molecule has 0 saturated heterocycles. The fourth-order valence-corrected chi connectivity index (χ4v) is 4.28. The second-order valence-corrected chi connectivity index (χ2v) is 6.92. The Hall–Kier alpha value is -1.72. The number of rotatable bonds is 3. The number of fused-ring (bicyclic) bond motifs is 1. The highest BCUT2D eigenvalue weighted by Gasteiger charge is 2.23. The van der Waals surface area contributed by atoms with Gasteiger partial charge in [-0.05, 0) is 17.2 Å². The lowest BCUT2D eigenvalue weighted by molar-refractivity contribution is -0.117. The minimum absolute atomic E-state index is 0.339. The molecule has 0 bridgehead atoms. The molecule has 2 aromatic carbocycles. The zero-order valence-corrected chi connectivity index (χ0v) is 12.9. The number of hydrogen-bond donors (Lipinski definition) is 1. The van der Waals surface area contributed by atoms with E-state index in [1.165, 1.54) is 17.3 Å². The molecule has 1 atom stereocenters. The zero-order valence-electron chi connectivity index (χ0n) is 11.2. The summed E-state index contributed by atoms with van der Waals surface area (Å²) in [7, 11) is 0. The molecule has 1 amide bonds. The highest BCUT2D eigenvalue weighted by molar-refractivity contribution is 8.38. The van der Waals surface area contributed by atoms with Crippen LogP contribution in [0.15, 0.2) is 59.6 Å². The Morgan fingerprint density at radius 1 is 1.14 bits per heavy atom. The second kappa shape index (κ2) is 6.37. The van der Waals surface area contributed by atoms with Gasteiger partial charge in [0.05, 0.1) is 5.69 Å². The summed E-state index contributed by atoms with van der Waals surface area (Å²) in [5.41, 5.74) is 8.68. The van der Waals surface area contributed by atoms with Crippen LogP contribution in [-0.4, -0.2) is 10.3 Å². The third-order valence-corrected chi connectivity index (χ3v) is 5.60. The number of benzene rings is 2. The van der Waals surface area contributed by atoms with Gasteiger partial charge in [-0.25, -0.2) is 4.99 Å². The van der Waals surface area contributed by atoms with E-state index in [1.807, 2.05) is 48.5 Å². The second-order valence-electron chi connectivity index (χ2n) is 4.61. The minimum Gasteiger partial charge on any atom is -0.368 e. The monoisotopic (exact) mass is 314 g/mol. The zero-order chi connectivity index (χ0) is 14.7. The van der Waals surface area contributed by atoms with Gasteiger partial charge in [0.1, 0.15) is 9.63 Å². The summed E-state index contributed by atoms with van der Waals surface area (Å²) in [6.45, 7) is 0. The molecule has 0 unspecified atom stereocenters. The van der Waals surface area contributed by atoms with Crippen molar-refractivity contribution >= 4 is 39.5 Å². The highest BCUT2D eigenvalue weighted by Crippen LogP contribution is 2.40. The summed E-state index contributed by atoms with van der Waals surface area (Å²) >= 11 is 3.08.